The SMILES string of the molecule is COC(=O)c1ccc(NC(C)(C)C(C)O)c(F)c1F. The number of nitrogens with one attached hydrogen (secondary N) is 1. The van der Waals surface area contributed by atoms with Crippen molar-refractivity contribution in [3.8, 4) is 0 Å². The van der Waals surface area contributed by atoms with Gasteiger partial charge in [0, 0.05) is 0 Å². The minimum absolute atomic E-state index is 0.129. The van der Waals surface area contributed by atoms with E-state index in [4.69, 9.17) is 0 Å². The van der Waals surface area contributed by atoms with Crippen LogP contribution in [0.25, 0.3) is 0 Å². The van der Waals surface area contributed by atoms with Crippen LogP contribution in [0.15, 0.2) is 12.1 Å². The number of aliphatic hydroxyl groups excluding tert-OH is 1. The van der Waals surface area contributed by atoms with Gasteiger partial charge >= 0.3 is 5.97 Å². The zero-order valence-corrected chi connectivity index (χ0v) is 11.3. The highest BCUT2D eigenvalue weighted by atomic mass is 19.2. The van der Waals surface area contributed by atoms with Crippen molar-refractivity contribution in [2.75, 3.05) is 12.4 Å². The number of hydrogen-bond acceptors (Lipinski definition) is 4. The Kier molecular flexibility index (Phi) is 4.47. The molecule has 0 spiro atoms. The number of carbonyl (C=O) groups is 1. The zero-order chi connectivity index (χ0) is 14.8. The molecule has 0 aliphatic heterocycles. The molecule has 0 amide bonds. The van der Waals surface area contributed by atoms with Crippen LogP contribution in [-0.4, -0.2) is 29.8 Å². The number of methoxy groups -OCH3 is 1. The lowest BCUT2D eigenvalue weighted by Crippen LogP contribution is -2.42. The summed E-state index contributed by atoms with van der Waals surface area (Å²) in [5.74, 6) is -3.41. The second-order valence-electron chi connectivity index (χ2n) is 4.80. The number of halogens is 2. The van der Waals surface area contributed by atoms with E-state index in [1.165, 1.54) is 13.0 Å². The molecular formula is C13H17F2NO3. The fourth-order valence-electron chi connectivity index (χ4n) is 1.37. The first kappa shape index (κ1) is 15.4. The first-order valence-electron chi connectivity index (χ1n) is 5.73. The summed E-state index contributed by atoms with van der Waals surface area (Å²) in [5, 5.41) is 12.2. The molecule has 1 unspecified atom stereocenters. The van der Waals surface area contributed by atoms with Gasteiger partial charge in [-0.25, -0.2) is 13.6 Å². The van der Waals surface area contributed by atoms with Crippen LogP contribution in [0.1, 0.15) is 31.1 Å². The van der Waals surface area contributed by atoms with Crippen molar-refractivity contribution in [3.05, 3.63) is 29.3 Å². The van der Waals surface area contributed by atoms with Crippen molar-refractivity contribution in [2.24, 2.45) is 0 Å². The number of anilines is 1. The molecule has 106 valence electrons. The maximum Gasteiger partial charge on any atom is 0.340 e. The Balaban J connectivity index is 3.14. The predicted molar refractivity (Wildman–Crippen MR) is 67.1 cm³/mol. The number of carbonyl (C=O) groups excluding carboxylic acids is 1. The summed E-state index contributed by atoms with van der Waals surface area (Å²) >= 11 is 0. The average Bonchev–Trinajstić information content (AvgIpc) is 2.34. The van der Waals surface area contributed by atoms with Crippen LogP contribution < -0.4 is 5.32 Å². The van der Waals surface area contributed by atoms with Gasteiger partial charge < -0.3 is 15.2 Å². The van der Waals surface area contributed by atoms with Crippen LogP contribution in [0.5, 0.6) is 0 Å². The van der Waals surface area contributed by atoms with E-state index < -0.39 is 34.8 Å². The van der Waals surface area contributed by atoms with E-state index >= 15 is 0 Å². The molecule has 0 saturated heterocycles. The quantitative estimate of drug-likeness (QED) is 0.827. The van der Waals surface area contributed by atoms with Gasteiger partial charge in [0.1, 0.15) is 0 Å². The highest BCUT2D eigenvalue weighted by Crippen LogP contribution is 2.25. The van der Waals surface area contributed by atoms with E-state index in [2.05, 4.69) is 10.1 Å². The highest BCUT2D eigenvalue weighted by molar-refractivity contribution is 5.90. The second-order valence-corrected chi connectivity index (χ2v) is 4.80. The summed E-state index contributed by atoms with van der Waals surface area (Å²) < 4.78 is 31.9. The Labute approximate surface area is 110 Å². The fourth-order valence-corrected chi connectivity index (χ4v) is 1.37. The average molecular weight is 273 g/mol. The second kappa shape index (κ2) is 5.52. The maximum absolute atomic E-state index is 13.8. The predicted octanol–water partition coefficient (Wildman–Crippen LogP) is 2.32. The van der Waals surface area contributed by atoms with E-state index in [1.54, 1.807) is 13.8 Å². The molecule has 0 saturated carbocycles. The Morgan fingerprint density at radius 2 is 1.95 bits per heavy atom. The largest absolute Gasteiger partial charge is 0.465 e. The lowest BCUT2D eigenvalue weighted by Gasteiger charge is -2.30. The summed E-state index contributed by atoms with van der Waals surface area (Å²) in [6.45, 7) is 4.82. The normalized spacial score (nSPS) is 13.0. The van der Waals surface area contributed by atoms with E-state index in [1.807, 2.05) is 0 Å². The monoisotopic (exact) mass is 273 g/mol. The molecular weight excluding hydrogens is 256 g/mol. The topological polar surface area (TPSA) is 58.6 Å². The van der Waals surface area contributed by atoms with Crippen LogP contribution in [0.3, 0.4) is 0 Å². The molecule has 0 aromatic heterocycles. The summed E-state index contributed by atoms with van der Waals surface area (Å²) in [6, 6.07) is 2.36. The Bertz CT molecular complexity index is 487. The van der Waals surface area contributed by atoms with Gasteiger partial charge in [-0.15, -0.1) is 0 Å². The van der Waals surface area contributed by atoms with Crippen LogP contribution >= 0.6 is 0 Å². The van der Waals surface area contributed by atoms with Gasteiger partial charge in [0.15, 0.2) is 11.6 Å². The zero-order valence-electron chi connectivity index (χ0n) is 11.3. The van der Waals surface area contributed by atoms with Gasteiger partial charge in [0.05, 0.1) is 30.0 Å². The molecule has 0 heterocycles. The van der Waals surface area contributed by atoms with Crippen LogP contribution in [-0.2, 0) is 4.74 Å². The minimum Gasteiger partial charge on any atom is -0.465 e. The number of esters is 1. The van der Waals surface area contributed by atoms with Gasteiger partial charge in [-0.2, -0.15) is 0 Å². The summed E-state index contributed by atoms with van der Waals surface area (Å²) in [4.78, 5) is 11.2. The standard InChI is InChI=1S/C13H17F2NO3/c1-7(17)13(2,3)16-9-6-5-8(12(18)19-4)10(14)11(9)15/h5-7,16-17H,1-4H3. The van der Waals surface area contributed by atoms with Gasteiger partial charge in [0.2, 0.25) is 0 Å². The first-order chi connectivity index (χ1) is 8.70. The van der Waals surface area contributed by atoms with Gasteiger partial charge in [-0.05, 0) is 32.9 Å². The highest BCUT2D eigenvalue weighted by Gasteiger charge is 2.27. The van der Waals surface area contributed by atoms with E-state index in [0.717, 1.165) is 13.2 Å². The van der Waals surface area contributed by atoms with Crippen molar-refractivity contribution in [1.29, 1.82) is 0 Å². The van der Waals surface area contributed by atoms with Crippen molar-refractivity contribution in [3.63, 3.8) is 0 Å². The fraction of sp³-hybridized carbons (Fsp3) is 0.462. The maximum atomic E-state index is 13.8. The lowest BCUT2D eigenvalue weighted by atomic mass is 9.98. The van der Waals surface area contributed by atoms with Gasteiger partial charge in [0.25, 0.3) is 0 Å². The van der Waals surface area contributed by atoms with E-state index in [-0.39, 0.29) is 5.69 Å². The molecule has 2 N–H and O–H groups in total. The molecule has 6 heteroatoms. The Hall–Kier alpha value is -1.69. The molecule has 1 aromatic carbocycles. The lowest BCUT2D eigenvalue weighted by molar-refractivity contribution is 0.0594. The number of ether oxygens (including phenoxy) is 1. The van der Waals surface area contributed by atoms with Gasteiger partial charge in [-0.1, -0.05) is 0 Å². The van der Waals surface area contributed by atoms with Crippen LogP contribution in [0.4, 0.5) is 14.5 Å². The van der Waals surface area contributed by atoms with Crippen molar-refractivity contribution in [2.45, 2.75) is 32.4 Å². The molecule has 1 aromatic rings. The minimum atomic E-state index is -1.28. The summed E-state index contributed by atoms with van der Waals surface area (Å²) in [7, 11) is 1.09. The third-order valence-electron chi connectivity index (χ3n) is 2.99. The molecule has 0 fully saturated rings. The number of benzene rings is 1. The van der Waals surface area contributed by atoms with E-state index in [9.17, 15) is 18.7 Å². The Morgan fingerprint density at radius 1 is 1.37 bits per heavy atom. The van der Waals surface area contributed by atoms with Crippen molar-refractivity contribution >= 4 is 11.7 Å². The van der Waals surface area contributed by atoms with E-state index in [0.29, 0.717) is 0 Å². The van der Waals surface area contributed by atoms with Crippen molar-refractivity contribution in [1.82, 2.24) is 0 Å². The Morgan fingerprint density at radius 3 is 2.42 bits per heavy atom. The molecule has 19 heavy (non-hydrogen) atoms. The molecule has 0 aliphatic carbocycles. The number of hydrogen-bond donors (Lipinski definition) is 2. The first-order valence-corrected chi connectivity index (χ1v) is 5.73. The van der Waals surface area contributed by atoms with Crippen molar-refractivity contribution < 1.29 is 23.4 Å². The summed E-state index contributed by atoms with van der Waals surface area (Å²) in [6.07, 6.45) is -0.782. The molecule has 1 rings (SSSR count). The number of aliphatic hydroxyl groups is 1. The molecule has 1 atom stereocenters. The van der Waals surface area contributed by atoms with Crippen LogP contribution in [0, 0.1) is 11.6 Å². The number of rotatable bonds is 4. The molecule has 0 radical (unpaired) electrons. The molecule has 0 bridgehead atoms. The third-order valence-corrected chi connectivity index (χ3v) is 2.99. The summed E-state index contributed by atoms with van der Waals surface area (Å²) in [5.41, 5.74) is -1.45. The van der Waals surface area contributed by atoms with Gasteiger partial charge in [-0.3, -0.25) is 0 Å². The van der Waals surface area contributed by atoms with Crippen LogP contribution in [0.2, 0.25) is 0 Å². The molecule has 0 aliphatic rings. The third kappa shape index (κ3) is 3.20. The smallest absolute Gasteiger partial charge is 0.340 e. The molecule has 4 nitrogen and oxygen atoms in total.